The second kappa shape index (κ2) is 8.84. The molecule has 1 heterocycles. The van der Waals surface area contributed by atoms with Gasteiger partial charge in [-0.15, -0.1) is 0 Å². The van der Waals surface area contributed by atoms with Gasteiger partial charge in [0.05, 0.1) is 37.2 Å². The standard InChI is InChI=1S/C20H21ClN2O5/c1-26-17-12-14(18(27-2)11-13(17)21)22-19(24)7-8-20(25)23-9-10-28-16-6-4-3-5-15(16)23/h3-6,11-12H,7-10H2,1-2H3,(H,22,24). The Morgan fingerprint density at radius 2 is 1.89 bits per heavy atom. The molecule has 7 nitrogen and oxygen atoms in total. The van der Waals surface area contributed by atoms with Crippen LogP contribution in [0.15, 0.2) is 36.4 Å². The minimum absolute atomic E-state index is 0.0342. The van der Waals surface area contributed by atoms with E-state index in [2.05, 4.69) is 5.32 Å². The molecule has 3 rings (SSSR count). The van der Waals surface area contributed by atoms with E-state index in [0.29, 0.717) is 41.1 Å². The molecular formula is C20H21ClN2O5. The zero-order chi connectivity index (χ0) is 20.1. The van der Waals surface area contributed by atoms with Crippen molar-refractivity contribution in [3.05, 3.63) is 41.4 Å². The topological polar surface area (TPSA) is 77.1 Å². The number of carbonyl (C=O) groups excluding carboxylic acids is 2. The molecule has 0 aliphatic carbocycles. The summed E-state index contributed by atoms with van der Waals surface area (Å²) in [5.41, 5.74) is 1.15. The predicted octanol–water partition coefficient (Wildman–Crippen LogP) is 3.50. The van der Waals surface area contributed by atoms with Crippen molar-refractivity contribution in [1.82, 2.24) is 0 Å². The molecule has 0 bridgehead atoms. The molecule has 1 N–H and O–H groups in total. The normalized spacial score (nSPS) is 12.6. The molecular weight excluding hydrogens is 384 g/mol. The fourth-order valence-corrected chi connectivity index (χ4v) is 3.19. The number of amides is 2. The third-order valence-corrected chi connectivity index (χ3v) is 4.64. The van der Waals surface area contributed by atoms with Gasteiger partial charge in [-0.25, -0.2) is 0 Å². The highest BCUT2D eigenvalue weighted by Gasteiger charge is 2.23. The Hall–Kier alpha value is -2.93. The summed E-state index contributed by atoms with van der Waals surface area (Å²) < 4.78 is 16.0. The van der Waals surface area contributed by atoms with E-state index in [9.17, 15) is 9.59 Å². The van der Waals surface area contributed by atoms with Gasteiger partial charge in [-0.05, 0) is 12.1 Å². The number of methoxy groups -OCH3 is 2. The van der Waals surface area contributed by atoms with Crippen LogP contribution in [-0.4, -0.2) is 39.2 Å². The third-order valence-electron chi connectivity index (χ3n) is 4.34. The predicted molar refractivity (Wildman–Crippen MR) is 107 cm³/mol. The summed E-state index contributed by atoms with van der Waals surface area (Å²) in [6.45, 7) is 0.885. The molecule has 2 amide bonds. The van der Waals surface area contributed by atoms with Gasteiger partial charge in [-0.2, -0.15) is 0 Å². The van der Waals surface area contributed by atoms with Crippen LogP contribution in [0.1, 0.15) is 12.8 Å². The van der Waals surface area contributed by atoms with E-state index in [4.69, 9.17) is 25.8 Å². The first-order valence-corrected chi connectivity index (χ1v) is 9.15. The SMILES string of the molecule is COc1cc(NC(=O)CCC(=O)N2CCOc3ccccc32)c(OC)cc1Cl. The van der Waals surface area contributed by atoms with Gasteiger partial charge < -0.3 is 24.4 Å². The van der Waals surface area contributed by atoms with Crippen molar-refractivity contribution < 1.29 is 23.8 Å². The molecule has 0 unspecified atom stereocenters. The maximum atomic E-state index is 12.6. The van der Waals surface area contributed by atoms with Gasteiger partial charge in [0.2, 0.25) is 11.8 Å². The number of halogens is 1. The van der Waals surface area contributed by atoms with Crippen molar-refractivity contribution in [3.8, 4) is 17.2 Å². The van der Waals surface area contributed by atoms with Gasteiger partial charge >= 0.3 is 0 Å². The van der Waals surface area contributed by atoms with Gasteiger partial charge in [0.15, 0.2) is 0 Å². The second-order valence-electron chi connectivity index (χ2n) is 6.10. The molecule has 0 spiro atoms. The summed E-state index contributed by atoms with van der Waals surface area (Å²) in [4.78, 5) is 26.6. The van der Waals surface area contributed by atoms with E-state index in [1.54, 1.807) is 17.0 Å². The molecule has 2 aromatic carbocycles. The molecule has 2 aromatic rings. The number of fused-ring (bicyclic) bond motifs is 1. The van der Waals surface area contributed by atoms with Crippen LogP contribution in [0.2, 0.25) is 5.02 Å². The Morgan fingerprint density at radius 3 is 2.64 bits per heavy atom. The lowest BCUT2D eigenvalue weighted by Gasteiger charge is -2.29. The van der Waals surface area contributed by atoms with E-state index in [1.165, 1.54) is 14.2 Å². The highest BCUT2D eigenvalue weighted by molar-refractivity contribution is 6.32. The van der Waals surface area contributed by atoms with Crippen LogP contribution in [0.25, 0.3) is 0 Å². The highest BCUT2D eigenvalue weighted by atomic mass is 35.5. The fraction of sp³-hybridized carbons (Fsp3) is 0.300. The molecule has 0 saturated carbocycles. The smallest absolute Gasteiger partial charge is 0.227 e. The van der Waals surface area contributed by atoms with Crippen molar-refractivity contribution in [2.75, 3.05) is 37.6 Å². The van der Waals surface area contributed by atoms with E-state index in [1.807, 2.05) is 24.3 Å². The van der Waals surface area contributed by atoms with Crippen LogP contribution in [-0.2, 0) is 9.59 Å². The maximum Gasteiger partial charge on any atom is 0.227 e. The van der Waals surface area contributed by atoms with Crippen LogP contribution in [0.3, 0.4) is 0 Å². The number of ether oxygens (including phenoxy) is 3. The molecule has 0 atom stereocenters. The molecule has 8 heteroatoms. The highest BCUT2D eigenvalue weighted by Crippen LogP contribution is 2.36. The average Bonchev–Trinajstić information content (AvgIpc) is 2.72. The van der Waals surface area contributed by atoms with E-state index >= 15 is 0 Å². The molecule has 28 heavy (non-hydrogen) atoms. The van der Waals surface area contributed by atoms with Crippen molar-refractivity contribution in [3.63, 3.8) is 0 Å². The Bertz CT molecular complexity index is 887. The summed E-state index contributed by atoms with van der Waals surface area (Å²) in [7, 11) is 2.96. The summed E-state index contributed by atoms with van der Waals surface area (Å²) in [5.74, 6) is 1.06. The Morgan fingerprint density at radius 1 is 1.14 bits per heavy atom. The number of hydrogen-bond acceptors (Lipinski definition) is 5. The van der Waals surface area contributed by atoms with Crippen LogP contribution >= 0.6 is 11.6 Å². The number of nitrogens with zero attached hydrogens (tertiary/aromatic N) is 1. The van der Waals surface area contributed by atoms with Crippen molar-refractivity contribution >= 4 is 34.8 Å². The van der Waals surface area contributed by atoms with Crippen molar-refractivity contribution in [1.29, 1.82) is 0 Å². The number of rotatable bonds is 6. The van der Waals surface area contributed by atoms with Gasteiger partial charge in [0, 0.05) is 25.0 Å². The van der Waals surface area contributed by atoms with Crippen LogP contribution in [0, 0.1) is 0 Å². The number of carbonyl (C=O) groups is 2. The van der Waals surface area contributed by atoms with Gasteiger partial charge in [-0.3, -0.25) is 9.59 Å². The fourth-order valence-electron chi connectivity index (χ4n) is 2.95. The van der Waals surface area contributed by atoms with Crippen LogP contribution in [0.4, 0.5) is 11.4 Å². The van der Waals surface area contributed by atoms with Gasteiger partial charge in [0.25, 0.3) is 0 Å². The summed E-state index contributed by atoms with van der Waals surface area (Å²) >= 11 is 6.07. The Kier molecular flexibility index (Phi) is 6.26. The van der Waals surface area contributed by atoms with Crippen molar-refractivity contribution in [2.45, 2.75) is 12.8 Å². The molecule has 0 aromatic heterocycles. The monoisotopic (exact) mass is 404 g/mol. The number of benzene rings is 2. The Balaban J connectivity index is 1.63. The largest absolute Gasteiger partial charge is 0.495 e. The number of anilines is 2. The lowest BCUT2D eigenvalue weighted by atomic mass is 10.2. The molecule has 0 saturated heterocycles. The molecule has 1 aliphatic heterocycles. The van der Waals surface area contributed by atoms with Crippen molar-refractivity contribution in [2.24, 2.45) is 0 Å². The minimum Gasteiger partial charge on any atom is -0.495 e. The van der Waals surface area contributed by atoms with Crippen LogP contribution < -0.4 is 24.4 Å². The lowest BCUT2D eigenvalue weighted by molar-refractivity contribution is -0.122. The number of nitrogens with one attached hydrogen (secondary N) is 1. The second-order valence-corrected chi connectivity index (χ2v) is 6.50. The average molecular weight is 405 g/mol. The quantitative estimate of drug-likeness (QED) is 0.797. The third kappa shape index (κ3) is 4.31. The van der Waals surface area contributed by atoms with Gasteiger partial charge in [-0.1, -0.05) is 23.7 Å². The first-order chi connectivity index (χ1) is 13.5. The van der Waals surface area contributed by atoms with Crippen LogP contribution in [0.5, 0.6) is 17.2 Å². The zero-order valence-electron chi connectivity index (χ0n) is 15.7. The van der Waals surface area contributed by atoms with E-state index in [-0.39, 0.29) is 24.7 Å². The molecule has 0 fully saturated rings. The molecule has 0 radical (unpaired) electrons. The zero-order valence-corrected chi connectivity index (χ0v) is 16.4. The molecule has 1 aliphatic rings. The van der Waals surface area contributed by atoms with E-state index in [0.717, 1.165) is 5.69 Å². The molecule has 148 valence electrons. The maximum absolute atomic E-state index is 12.6. The summed E-state index contributed by atoms with van der Waals surface area (Å²) in [5, 5.41) is 3.12. The Labute approximate surface area is 168 Å². The minimum atomic E-state index is -0.308. The first-order valence-electron chi connectivity index (χ1n) is 8.77. The van der Waals surface area contributed by atoms with E-state index < -0.39 is 0 Å². The summed E-state index contributed by atoms with van der Waals surface area (Å²) in [6.07, 6.45) is 0.111. The lowest BCUT2D eigenvalue weighted by Crippen LogP contribution is -2.38. The number of para-hydroxylation sites is 2. The first kappa shape index (κ1) is 19.8. The summed E-state index contributed by atoms with van der Waals surface area (Å²) in [6, 6.07) is 10.5. The number of hydrogen-bond donors (Lipinski definition) is 1. The van der Waals surface area contributed by atoms with Gasteiger partial charge in [0.1, 0.15) is 23.9 Å².